The summed E-state index contributed by atoms with van der Waals surface area (Å²) in [6, 6.07) is 7.38. The van der Waals surface area contributed by atoms with E-state index in [2.05, 4.69) is 27.4 Å². The number of benzene rings is 1. The van der Waals surface area contributed by atoms with Gasteiger partial charge in [0.2, 0.25) is 0 Å². The van der Waals surface area contributed by atoms with Crippen LogP contribution >= 0.6 is 35.6 Å². The maximum absolute atomic E-state index is 9.56. The number of hydrogen-bond acceptors (Lipinski definition) is 4. The first-order valence-corrected chi connectivity index (χ1v) is 10.3. The van der Waals surface area contributed by atoms with Gasteiger partial charge >= 0.3 is 0 Å². The summed E-state index contributed by atoms with van der Waals surface area (Å²) in [5.41, 5.74) is 0. The second-order valence-corrected chi connectivity index (χ2v) is 7.39. The highest BCUT2D eigenvalue weighted by molar-refractivity contribution is 14.0. The van der Waals surface area contributed by atoms with Crippen LogP contribution < -0.4 is 15.4 Å². The van der Waals surface area contributed by atoms with E-state index in [-0.39, 0.29) is 36.2 Å². The van der Waals surface area contributed by atoms with Gasteiger partial charge in [-0.25, -0.2) is 4.99 Å². The number of likely N-dealkylation sites (tertiary alicyclic amines) is 1. The SMILES string of the molecule is CCNC(=NCC(C)Oc1ccc(Cl)cc1)NCCCN1CCC(O)CC1.I. The minimum Gasteiger partial charge on any atom is -0.489 e. The maximum Gasteiger partial charge on any atom is 0.191 e. The van der Waals surface area contributed by atoms with Crippen LogP contribution in [0.5, 0.6) is 5.75 Å². The standard InChI is InChI=1S/C20H33ClN4O2.HI/c1-3-22-20(23-11-4-12-25-13-9-18(26)10-14-25)24-15-16(2)27-19-7-5-17(21)6-8-19;/h5-8,16,18,26H,3-4,9-15H2,1-2H3,(H2,22,23,24);1H. The van der Waals surface area contributed by atoms with Crippen molar-refractivity contribution >= 4 is 41.5 Å². The van der Waals surface area contributed by atoms with E-state index in [9.17, 15) is 5.11 Å². The lowest BCUT2D eigenvalue weighted by atomic mass is 10.1. The second kappa shape index (κ2) is 14.3. The van der Waals surface area contributed by atoms with Crippen LogP contribution in [-0.4, -0.2) is 67.4 Å². The van der Waals surface area contributed by atoms with Crippen molar-refractivity contribution in [1.82, 2.24) is 15.5 Å². The van der Waals surface area contributed by atoms with E-state index in [4.69, 9.17) is 16.3 Å². The van der Waals surface area contributed by atoms with Crippen molar-refractivity contribution in [3.63, 3.8) is 0 Å². The van der Waals surface area contributed by atoms with Gasteiger partial charge in [-0.05, 0) is 63.9 Å². The highest BCUT2D eigenvalue weighted by Crippen LogP contribution is 2.16. The van der Waals surface area contributed by atoms with E-state index in [0.717, 1.165) is 63.7 Å². The van der Waals surface area contributed by atoms with Crippen molar-refractivity contribution in [2.75, 3.05) is 39.3 Å². The molecular weight excluding hydrogens is 491 g/mol. The van der Waals surface area contributed by atoms with Gasteiger partial charge in [0.05, 0.1) is 12.6 Å². The van der Waals surface area contributed by atoms with Gasteiger partial charge in [-0.1, -0.05) is 11.6 Å². The van der Waals surface area contributed by atoms with Gasteiger partial charge in [-0.2, -0.15) is 0 Å². The molecule has 8 heteroatoms. The second-order valence-electron chi connectivity index (χ2n) is 6.96. The number of rotatable bonds is 9. The van der Waals surface area contributed by atoms with Gasteiger partial charge in [0.15, 0.2) is 5.96 Å². The van der Waals surface area contributed by atoms with E-state index in [1.807, 2.05) is 31.2 Å². The number of aliphatic hydroxyl groups excluding tert-OH is 1. The van der Waals surface area contributed by atoms with Gasteiger partial charge < -0.3 is 25.4 Å². The topological polar surface area (TPSA) is 69.1 Å². The molecule has 1 aliphatic heterocycles. The van der Waals surface area contributed by atoms with Crippen LogP contribution in [0.3, 0.4) is 0 Å². The Morgan fingerprint density at radius 2 is 1.96 bits per heavy atom. The molecule has 3 N–H and O–H groups in total. The number of aliphatic imine (C=N–C) groups is 1. The Hall–Kier alpha value is -0.770. The Morgan fingerprint density at radius 3 is 2.61 bits per heavy atom. The number of hydrogen-bond donors (Lipinski definition) is 3. The molecule has 1 aliphatic rings. The average molecular weight is 525 g/mol. The zero-order valence-electron chi connectivity index (χ0n) is 16.9. The first-order chi connectivity index (χ1) is 13.1. The third-order valence-corrected chi connectivity index (χ3v) is 4.75. The number of nitrogens with one attached hydrogen (secondary N) is 2. The molecule has 160 valence electrons. The molecule has 1 aromatic rings. The van der Waals surface area contributed by atoms with Gasteiger partial charge in [0.1, 0.15) is 11.9 Å². The first kappa shape index (κ1) is 25.3. The number of ether oxygens (including phenoxy) is 1. The highest BCUT2D eigenvalue weighted by atomic mass is 127. The van der Waals surface area contributed by atoms with Crippen LogP contribution in [-0.2, 0) is 0 Å². The van der Waals surface area contributed by atoms with E-state index < -0.39 is 0 Å². The fraction of sp³-hybridized carbons (Fsp3) is 0.650. The predicted molar refractivity (Wildman–Crippen MR) is 127 cm³/mol. The van der Waals surface area contributed by atoms with Crippen LogP contribution in [0.2, 0.25) is 5.02 Å². The third-order valence-electron chi connectivity index (χ3n) is 4.50. The summed E-state index contributed by atoms with van der Waals surface area (Å²) in [6.07, 6.45) is 2.70. The van der Waals surface area contributed by atoms with Crippen molar-refractivity contribution in [3.8, 4) is 5.75 Å². The van der Waals surface area contributed by atoms with Crippen molar-refractivity contribution < 1.29 is 9.84 Å². The largest absolute Gasteiger partial charge is 0.489 e. The summed E-state index contributed by atoms with van der Waals surface area (Å²) in [5, 5.41) is 16.9. The molecule has 0 aliphatic carbocycles. The molecule has 28 heavy (non-hydrogen) atoms. The molecule has 0 saturated carbocycles. The highest BCUT2D eigenvalue weighted by Gasteiger charge is 2.16. The lowest BCUT2D eigenvalue weighted by Crippen LogP contribution is -2.40. The van der Waals surface area contributed by atoms with Gasteiger partial charge in [-0.15, -0.1) is 24.0 Å². The molecule has 0 spiro atoms. The van der Waals surface area contributed by atoms with E-state index >= 15 is 0 Å². The van der Waals surface area contributed by atoms with Crippen LogP contribution in [0.1, 0.15) is 33.1 Å². The van der Waals surface area contributed by atoms with Crippen LogP contribution in [0.15, 0.2) is 29.3 Å². The molecule has 6 nitrogen and oxygen atoms in total. The fourth-order valence-corrected chi connectivity index (χ4v) is 3.12. The zero-order chi connectivity index (χ0) is 19.5. The van der Waals surface area contributed by atoms with Crippen LogP contribution in [0.4, 0.5) is 0 Å². The average Bonchev–Trinajstić information content (AvgIpc) is 2.66. The van der Waals surface area contributed by atoms with Crippen LogP contribution in [0.25, 0.3) is 0 Å². The molecule has 1 saturated heterocycles. The third kappa shape index (κ3) is 10.1. The summed E-state index contributed by atoms with van der Waals surface area (Å²) >= 11 is 5.89. The lowest BCUT2D eigenvalue weighted by molar-refractivity contribution is 0.0823. The van der Waals surface area contributed by atoms with E-state index in [1.165, 1.54) is 0 Å². The number of nitrogens with zero attached hydrogens (tertiary/aromatic N) is 2. The Labute approximate surface area is 191 Å². The summed E-state index contributed by atoms with van der Waals surface area (Å²) in [4.78, 5) is 7.04. The fourth-order valence-electron chi connectivity index (χ4n) is 3.00. The van der Waals surface area contributed by atoms with Crippen molar-refractivity contribution in [1.29, 1.82) is 0 Å². The molecule has 1 unspecified atom stereocenters. The number of aliphatic hydroxyl groups is 1. The molecule has 0 radical (unpaired) electrons. The number of piperidine rings is 1. The van der Waals surface area contributed by atoms with Crippen LogP contribution in [0, 0.1) is 0 Å². The minimum atomic E-state index is -0.107. The molecule has 1 heterocycles. The summed E-state index contributed by atoms with van der Waals surface area (Å²) in [5.74, 6) is 1.62. The smallest absolute Gasteiger partial charge is 0.191 e. The summed E-state index contributed by atoms with van der Waals surface area (Å²) in [7, 11) is 0. The maximum atomic E-state index is 9.56. The predicted octanol–water partition coefficient (Wildman–Crippen LogP) is 3.13. The summed E-state index contributed by atoms with van der Waals surface area (Å²) in [6.45, 7) is 9.37. The monoisotopic (exact) mass is 524 g/mol. The van der Waals surface area contributed by atoms with E-state index in [0.29, 0.717) is 11.6 Å². The van der Waals surface area contributed by atoms with Crippen molar-refractivity contribution in [2.45, 2.75) is 45.3 Å². The molecule has 0 bridgehead atoms. The molecule has 1 fully saturated rings. The molecular formula is C20H34ClIN4O2. The molecule has 2 rings (SSSR count). The van der Waals surface area contributed by atoms with Gasteiger partial charge in [0.25, 0.3) is 0 Å². The summed E-state index contributed by atoms with van der Waals surface area (Å²) < 4.78 is 5.86. The molecule has 0 aromatic heterocycles. The number of guanidine groups is 1. The Balaban J connectivity index is 0.00000392. The Bertz CT molecular complexity index is 566. The van der Waals surface area contributed by atoms with E-state index in [1.54, 1.807) is 0 Å². The molecule has 1 aromatic carbocycles. The van der Waals surface area contributed by atoms with Gasteiger partial charge in [-0.3, -0.25) is 0 Å². The Kier molecular flexibility index (Phi) is 12.9. The quantitative estimate of drug-likeness (QED) is 0.200. The number of halogens is 2. The first-order valence-electron chi connectivity index (χ1n) is 9.91. The van der Waals surface area contributed by atoms with Crippen molar-refractivity contribution in [3.05, 3.63) is 29.3 Å². The molecule has 1 atom stereocenters. The Morgan fingerprint density at radius 1 is 1.29 bits per heavy atom. The zero-order valence-corrected chi connectivity index (χ0v) is 20.0. The minimum absolute atomic E-state index is 0. The lowest BCUT2D eigenvalue weighted by Gasteiger charge is -2.29. The van der Waals surface area contributed by atoms with Crippen molar-refractivity contribution in [2.24, 2.45) is 4.99 Å². The molecule has 0 amide bonds. The normalized spacial score (nSPS) is 16.9. The van der Waals surface area contributed by atoms with Gasteiger partial charge in [0, 0.05) is 31.2 Å².